The number of nitrogens with zero attached hydrogens (tertiary/aromatic N) is 6. The first-order valence-electron chi connectivity index (χ1n) is 38.4. The van der Waals surface area contributed by atoms with E-state index in [0.717, 1.165) is 122 Å². The van der Waals surface area contributed by atoms with Crippen LogP contribution in [0.2, 0.25) is 0 Å². The van der Waals surface area contributed by atoms with E-state index in [2.05, 4.69) is 447 Å². The van der Waals surface area contributed by atoms with Crippen LogP contribution in [0, 0.1) is 41.5 Å². The predicted octanol–water partition coefficient (Wildman–Crippen LogP) is 29.2. The molecule has 0 aliphatic heterocycles. The van der Waals surface area contributed by atoms with Gasteiger partial charge in [0.05, 0.1) is 0 Å². The van der Waals surface area contributed by atoms with Gasteiger partial charge < -0.3 is 29.4 Å². The third-order valence-electron chi connectivity index (χ3n) is 21.8. The molecule has 109 heavy (non-hydrogen) atoms. The van der Waals surface area contributed by atoms with Crippen molar-refractivity contribution in [3.63, 3.8) is 0 Å². The molecule has 0 spiro atoms. The van der Waals surface area contributed by atoms with Crippen molar-refractivity contribution in [3.8, 4) is 0 Å². The lowest BCUT2D eigenvalue weighted by Gasteiger charge is -2.39. The number of hydrogen-bond donors (Lipinski definition) is 0. The number of aryl methyl sites for hydroxylation is 6. The van der Waals surface area contributed by atoms with Crippen molar-refractivity contribution in [1.29, 1.82) is 0 Å². The fourth-order valence-corrected chi connectivity index (χ4v) is 16.0. The van der Waals surface area contributed by atoms with Gasteiger partial charge in [0.25, 0.3) is 0 Å². The van der Waals surface area contributed by atoms with Gasteiger partial charge in [0, 0.05) is 108 Å². The Morgan fingerprint density at radius 1 is 0.202 bits per heavy atom. The highest BCUT2D eigenvalue weighted by atomic mass is 15.2. The highest BCUT2D eigenvalue weighted by Gasteiger charge is 2.36. The maximum absolute atomic E-state index is 2.42. The normalized spacial score (nSPS) is 12.4. The molecule has 0 saturated heterocycles. The van der Waals surface area contributed by atoms with Crippen LogP contribution in [0.4, 0.5) is 102 Å². The van der Waals surface area contributed by atoms with Gasteiger partial charge in [-0.15, -0.1) is 0 Å². The van der Waals surface area contributed by atoms with Crippen LogP contribution >= 0.6 is 0 Å². The fourth-order valence-electron chi connectivity index (χ4n) is 16.0. The lowest BCUT2D eigenvalue weighted by atomic mass is 9.65. The standard InChI is InChI=1S/C103H92N6/c1-75-31-44-88(45-32-75)104(89-46-33-76(2)34-47-89)92-53-40-83(41-54-92)103(69-17-10-18-70-103)84-42-55-93(56-43-84)105(90-48-35-77(3)36-49-90)91-50-37-81(38-51-91)74-82-39-52-102(73-80(82)6)109(87-27-15-9-16-28-87)99-67-61-96(62-68-99)106(94-57-63-97(64-58-94)107(85-23-11-7-12-24-85)100-29-19-21-78(4)71-100)95-59-65-98(66-60-95)108(86-25-13-8-14-26-86)101-30-20-22-79(5)72-101/h7-9,11-16,19-68,71-73H,10,17-18,69-70,74H2,1-6H3. The van der Waals surface area contributed by atoms with Gasteiger partial charge in [0.1, 0.15) is 0 Å². The van der Waals surface area contributed by atoms with Gasteiger partial charge in [0.15, 0.2) is 0 Å². The van der Waals surface area contributed by atoms with Crippen molar-refractivity contribution < 1.29 is 0 Å². The van der Waals surface area contributed by atoms with Gasteiger partial charge in [-0.1, -0.05) is 194 Å². The number of anilines is 18. The minimum atomic E-state index is -0.0781. The molecule has 534 valence electrons. The molecule has 0 N–H and O–H groups in total. The molecule has 0 atom stereocenters. The Morgan fingerprint density at radius 2 is 0.440 bits per heavy atom. The van der Waals surface area contributed by atoms with E-state index in [0.29, 0.717) is 0 Å². The van der Waals surface area contributed by atoms with Crippen molar-refractivity contribution in [3.05, 3.63) is 432 Å². The molecular formula is C103H92N6. The van der Waals surface area contributed by atoms with Gasteiger partial charge in [0.2, 0.25) is 0 Å². The summed E-state index contributed by atoms with van der Waals surface area (Å²) in [4.78, 5) is 14.2. The molecule has 0 unspecified atom stereocenters. The molecule has 1 aliphatic rings. The Bertz CT molecular complexity index is 5330. The third kappa shape index (κ3) is 15.3. The number of rotatable bonds is 22. The van der Waals surface area contributed by atoms with Crippen LogP contribution in [-0.4, -0.2) is 0 Å². The maximum atomic E-state index is 2.42. The largest absolute Gasteiger partial charge is 0.311 e. The maximum Gasteiger partial charge on any atom is 0.0464 e. The molecule has 0 radical (unpaired) electrons. The summed E-state index contributed by atoms with van der Waals surface area (Å²) in [5.41, 5.74) is 32.4. The van der Waals surface area contributed by atoms with Crippen LogP contribution in [0.25, 0.3) is 0 Å². The van der Waals surface area contributed by atoms with E-state index < -0.39 is 0 Å². The molecule has 0 heterocycles. The van der Waals surface area contributed by atoms with Gasteiger partial charge in [-0.05, 0) is 318 Å². The first-order chi connectivity index (χ1) is 53.4. The van der Waals surface area contributed by atoms with Crippen LogP contribution in [0.15, 0.2) is 376 Å². The topological polar surface area (TPSA) is 19.4 Å². The zero-order valence-corrected chi connectivity index (χ0v) is 63.2. The second-order valence-electron chi connectivity index (χ2n) is 29.4. The van der Waals surface area contributed by atoms with E-state index in [4.69, 9.17) is 0 Å². The molecule has 6 nitrogen and oxygen atoms in total. The highest BCUT2D eigenvalue weighted by molar-refractivity contribution is 5.86. The Kier molecular flexibility index (Phi) is 20.4. The van der Waals surface area contributed by atoms with Crippen molar-refractivity contribution in [1.82, 2.24) is 0 Å². The van der Waals surface area contributed by atoms with Crippen molar-refractivity contribution >= 4 is 102 Å². The molecule has 0 amide bonds. The summed E-state index contributed by atoms with van der Waals surface area (Å²) >= 11 is 0. The van der Waals surface area contributed by atoms with Gasteiger partial charge in [-0.2, -0.15) is 0 Å². The summed E-state index contributed by atoms with van der Waals surface area (Å²) in [7, 11) is 0. The fraction of sp³-hybridized carbons (Fsp3) is 0.126. The number of para-hydroxylation sites is 3. The van der Waals surface area contributed by atoms with Crippen LogP contribution in [0.5, 0.6) is 0 Å². The van der Waals surface area contributed by atoms with E-state index in [-0.39, 0.29) is 5.41 Å². The molecule has 1 aliphatic carbocycles. The molecule has 15 aromatic carbocycles. The van der Waals surface area contributed by atoms with Crippen molar-refractivity contribution in [2.75, 3.05) is 29.4 Å². The Balaban J connectivity index is 0.679. The molecule has 1 fully saturated rings. The molecule has 16 rings (SSSR count). The summed E-state index contributed by atoms with van der Waals surface area (Å²) in [5.74, 6) is 0. The van der Waals surface area contributed by atoms with Crippen LogP contribution in [0.1, 0.15) is 87.7 Å². The van der Waals surface area contributed by atoms with E-state index >= 15 is 0 Å². The second kappa shape index (κ2) is 31.7. The molecule has 6 heteroatoms. The van der Waals surface area contributed by atoms with Gasteiger partial charge in [-0.25, -0.2) is 0 Å². The van der Waals surface area contributed by atoms with E-state index in [1.807, 2.05) is 0 Å². The third-order valence-corrected chi connectivity index (χ3v) is 21.8. The monoisotopic (exact) mass is 1410 g/mol. The number of hydrogen-bond acceptors (Lipinski definition) is 6. The van der Waals surface area contributed by atoms with Gasteiger partial charge in [-0.3, -0.25) is 0 Å². The van der Waals surface area contributed by atoms with Crippen LogP contribution in [0.3, 0.4) is 0 Å². The number of benzene rings is 15. The minimum Gasteiger partial charge on any atom is -0.311 e. The Hall–Kier alpha value is -12.9. The summed E-state index contributed by atoms with van der Waals surface area (Å²) in [6, 6.07) is 139. The second-order valence-corrected chi connectivity index (χ2v) is 29.4. The first kappa shape index (κ1) is 70.4. The van der Waals surface area contributed by atoms with Crippen molar-refractivity contribution in [2.45, 2.75) is 85.5 Å². The SMILES string of the molecule is Cc1ccc(N(c2ccc(C)cc2)c2ccc(C3(c4ccc(N(c5ccc(C)cc5)c5ccc(Cc6ccc(N(c7ccccc7)c7ccc(N(c8ccc(N(c9ccccc9)c9cccc(C)c9)cc8)c8ccc(N(c9ccccc9)c9cccc(C)c9)cc8)cc7)cc6C)cc5)cc4)CCCCC3)cc2)cc1. The zero-order chi connectivity index (χ0) is 74.2. The summed E-state index contributed by atoms with van der Waals surface area (Å²) in [6.45, 7) is 13.0. The van der Waals surface area contributed by atoms with Crippen LogP contribution < -0.4 is 29.4 Å². The predicted molar refractivity (Wildman–Crippen MR) is 463 cm³/mol. The Morgan fingerprint density at radius 3 is 0.734 bits per heavy atom. The molecule has 0 bridgehead atoms. The lowest BCUT2D eigenvalue weighted by molar-refractivity contribution is 0.346. The highest BCUT2D eigenvalue weighted by Crippen LogP contribution is 2.49. The first-order valence-corrected chi connectivity index (χ1v) is 38.4. The minimum absolute atomic E-state index is 0.0781. The smallest absolute Gasteiger partial charge is 0.0464 e. The van der Waals surface area contributed by atoms with Crippen molar-refractivity contribution in [2.24, 2.45) is 0 Å². The molecular weight excluding hydrogens is 1320 g/mol. The average molecular weight is 1410 g/mol. The average Bonchev–Trinajstić information content (AvgIpc) is 0.764. The van der Waals surface area contributed by atoms with Crippen LogP contribution in [-0.2, 0) is 11.8 Å². The molecule has 15 aromatic rings. The summed E-state index contributed by atoms with van der Waals surface area (Å²) in [6.07, 6.45) is 6.74. The molecule has 1 saturated carbocycles. The van der Waals surface area contributed by atoms with E-state index in [9.17, 15) is 0 Å². The lowest BCUT2D eigenvalue weighted by Crippen LogP contribution is -2.30. The summed E-state index contributed by atoms with van der Waals surface area (Å²) in [5, 5.41) is 0. The molecule has 0 aromatic heterocycles. The zero-order valence-electron chi connectivity index (χ0n) is 63.2. The summed E-state index contributed by atoms with van der Waals surface area (Å²) < 4.78 is 0. The van der Waals surface area contributed by atoms with E-state index in [1.165, 1.54) is 74.9 Å². The van der Waals surface area contributed by atoms with E-state index in [1.54, 1.807) is 0 Å². The quantitative estimate of drug-likeness (QED) is 0.0669. The van der Waals surface area contributed by atoms with Gasteiger partial charge >= 0.3 is 0 Å². The Labute approximate surface area is 645 Å².